The van der Waals surface area contributed by atoms with Crippen molar-refractivity contribution < 1.29 is 19.0 Å². The number of carbonyl (C=O) groups excluding carboxylic acids is 1. The van der Waals surface area contributed by atoms with Gasteiger partial charge in [0.05, 0.1) is 19.3 Å². The van der Waals surface area contributed by atoms with E-state index in [0.717, 1.165) is 6.54 Å². The number of nitrogens with zero attached hydrogens (tertiary/aromatic N) is 2. The van der Waals surface area contributed by atoms with Gasteiger partial charge < -0.3 is 19.1 Å². The standard InChI is InChI=1S/C19H25ClN2O4S/c1-18(2)11-22(9-13-10-25-19(3,4)26-13)17(27-18)21-16(23)14-8-12(20)6-7-15(14)24-5/h6-8,13H,9-11H2,1-5H3/b21-17-/t13-/m0/s1. The highest BCUT2D eigenvalue weighted by molar-refractivity contribution is 8.15. The van der Waals surface area contributed by atoms with E-state index in [1.807, 2.05) is 13.8 Å². The van der Waals surface area contributed by atoms with E-state index in [0.29, 0.717) is 34.7 Å². The van der Waals surface area contributed by atoms with Crippen molar-refractivity contribution in [1.29, 1.82) is 0 Å². The number of carbonyl (C=O) groups is 1. The second-order valence-corrected chi connectivity index (χ2v) is 9.85. The number of thioether (sulfide) groups is 1. The van der Waals surface area contributed by atoms with Crippen molar-refractivity contribution >= 4 is 34.4 Å². The smallest absolute Gasteiger partial charge is 0.283 e. The van der Waals surface area contributed by atoms with Gasteiger partial charge in [-0.05, 0) is 45.9 Å². The first-order chi connectivity index (χ1) is 12.6. The summed E-state index contributed by atoms with van der Waals surface area (Å²) < 4.78 is 16.8. The molecular weight excluding hydrogens is 388 g/mol. The van der Waals surface area contributed by atoms with Gasteiger partial charge in [0.1, 0.15) is 11.9 Å². The van der Waals surface area contributed by atoms with Crippen LogP contribution in [0.3, 0.4) is 0 Å². The number of benzene rings is 1. The van der Waals surface area contributed by atoms with Gasteiger partial charge >= 0.3 is 0 Å². The van der Waals surface area contributed by atoms with Crippen LogP contribution in [0.5, 0.6) is 5.75 Å². The average Bonchev–Trinajstić information content (AvgIpc) is 3.05. The van der Waals surface area contributed by atoms with E-state index in [-0.39, 0.29) is 16.8 Å². The summed E-state index contributed by atoms with van der Waals surface area (Å²) in [5, 5.41) is 1.15. The maximum Gasteiger partial charge on any atom is 0.283 e. The maximum atomic E-state index is 12.8. The number of rotatable bonds is 4. The Kier molecular flexibility index (Phi) is 5.77. The molecule has 0 unspecified atom stereocenters. The topological polar surface area (TPSA) is 60.4 Å². The van der Waals surface area contributed by atoms with Gasteiger partial charge in [0.25, 0.3) is 5.91 Å². The summed E-state index contributed by atoms with van der Waals surface area (Å²) in [7, 11) is 1.52. The van der Waals surface area contributed by atoms with Gasteiger partial charge in [0, 0.05) is 22.9 Å². The second kappa shape index (κ2) is 7.62. The van der Waals surface area contributed by atoms with E-state index in [1.54, 1.807) is 30.0 Å². The zero-order valence-electron chi connectivity index (χ0n) is 16.2. The van der Waals surface area contributed by atoms with Gasteiger partial charge in [0.2, 0.25) is 0 Å². The molecule has 2 saturated heterocycles. The Morgan fingerprint density at radius 1 is 1.41 bits per heavy atom. The summed E-state index contributed by atoms with van der Waals surface area (Å²) in [4.78, 5) is 19.3. The summed E-state index contributed by atoms with van der Waals surface area (Å²) in [5.74, 6) is -0.491. The third-order valence-electron chi connectivity index (χ3n) is 4.29. The number of hydrogen-bond donors (Lipinski definition) is 0. The van der Waals surface area contributed by atoms with E-state index in [4.69, 9.17) is 25.8 Å². The number of amidine groups is 1. The number of methoxy groups -OCH3 is 1. The molecule has 0 N–H and O–H groups in total. The van der Waals surface area contributed by atoms with Crippen LogP contribution in [0, 0.1) is 0 Å². The molecule has 0 aromatic heterocycles. The van der Waals surface area contributed by atoms with Crippen LogP contribution >= 0.6 is 23.4 Å². The van der Waals surface area contributed by atoms with Gasteiger partial charge in [0.15, 0.2) is 11.0 Å². The number of amides is 1. The fourth-order valence-electron chi connectivity index (χ4n) is 3.20. The van der Waals surface area contributed by atoms with Crippen molar-refractivity contribution in [1.82, 2.24) is 4.90 Å². The van der Waals surface area contributed by atoms with E-state index >= 15 is 0 Å². The van der Waals surface area contributed by atoms with Crippen molar-refractivity contribution in [2.45, 2.75) is 44.3 Å². The quantitative estimate of drug-likeness (QED) is 0.749. The highest BCUT2D eigenvalue weighted by atomic mass is 35.5. The Hall–Kier alpha value is -1.28. The molecule has 2 aliphatic heterocycles. The van der Waals surface area contributed by atoms with Crippen LogP contribution in [0.2, 0.25) is 5.02 Å². The van der Waals surface area contributed by atoms with Gasteiger partial charge in [-0.15, -0.1) is 0 Å². The molecule has 0 radical (unpaired) electrons. The minimum atomic E-state index is -0.575. The van der Waals surface area contributed by atoms with Crippen LogP contribution in [0.4, 0.5) is 0 Å². The minimum Gasteiger partial charge on any atom is -0.496 e. The predicted molar refractivity (Wildman–Crippen MR) is 108 cm³/mol. The molecule has 2 aliphatic rings. The normalized spacial score (nSPS) is 25.2. The lowest BCUT2D eigenvalue weighted by Gasteiger charge is -2.23. The van der Waals surface area contributed by atoms with Crippen LogP contribution < -0.4 is 4.74 Å². The molecular formula is C19H25ClN2O4S. The average molecular weight is 413 g/mol. The fourth-order valence-corrected chi connectivity index (χ4v) is 4.48. The van der Waals surface area contributed by atoms with Gasteiger partial charge in [-0.1, -0.05) is 23.4 Å². The summed E-state index contributed by atoms with van der Waals surface area (Å²) >= 11 is 7.63. The molecule has 1 atom stereocenters. The first-order valence-corrected chi connectivity index (χ1v) is 10.0. The highest BCUT2D eigenvalue weighted by Crippen LogP contribution is 2.37. The monoisotopic (exact) mass is 412 g/mol. The van der Waals surface area contributed by atoms with Crippen molar-refractivity contribution in [2.24, 2.45) is 4.99 Å². The molecule has 148 valence electrons. The number of aliphatic imine (C=N–C) groups is 1. The molecule has 1 aromatic rings. The Morgan fingerprint density at radius 2 is 2.15 bits per heavy atom. The molecule has 1 aromatic carbocycles. The van der Waals surface area contributed by atoms with E-state index in [1.165, 1.54) is 7.11 Å². The molecule has 0 spiro atoms. The van der Waals surface area contributed by atoms with E-state index in [2.05, 4.69) is 23.7 Å². The Bertz CT molecular complexity index is 766. The summed E-state index contributed by atoms with van der Waals surface area (Å²) in [6.45, 7) is 9.99. The maximum absolute atomic E-state index is 12.8. The number of halogens is 1. The highest BCUT2D eigenvalue weighted by Gasteiger charge is 2.40. The Labute approximate surface area is 169 Å². The summed E-state index contributed by atoms with van der Waals surface area (Å²) in [6.07, 6.45) is -0.0597. The lowest BCUT2D eigenvalue weighted by Crippen LogP contribution is -2.37. The molecule has 0 bridgehead atoms. The van der Waals surface area contributed by atoms with Crippen LogP contribution in [0.1, 0.15) is 38.1 Å². The van der Waals surface area contributed by atoms with E-state index in [9.17, 15) is 4.79 Å². The first kappa shape index (κ1) is 20.5. The third-order valence-corrected chi connectivity index (χ3v) is 5.74. The molecule has 1 amide bonds. The molecule has 6 nitrogen and oxygen atoms in total. The molecule has 8 heteroatoms. The van der Waals surface area contributed by atoms with Crippen molar-refractivity contribution in [2.75, 3.05) is 26.8 Å². The minimum absolute atomic E-state index is 0.0491. The first-order valence-electron chi connectivity index (χ1n) is 8.81. The van der Waals surface area contributed by atoms with Crippen LogP contribution in [-0.2, 0) is 9.47 Å². The number of ether oxygens (including phenoxy) is 3. The molecule has 2 fully saturated rings. The zero-order chi connectivity index (χ0) is 19.8. The van der Waals surface area contributed by atoms with Gasteiger partial charge in [-0.2, -0.15) is 4.99 Å². The van der Waals surface area contributed by atoms with E-state index < -0.39 is 5.79 Å². The summed E-state index contributed by atoms with van der Waals surface area (Å²) in [5.41, 5.74) is 0.351. The second-order valence-electron chi connectivity index (χ2n) is 7.74. The molecule has 2 heterocycles. The predicted octanol–water partition coefficient (Wildman–Crippen LogP) is 3.82. The number of hydrogen-bond acceptors (Lipinski definition) is 5. The van der Waals surface area contributed by atoms with Gasteiger partial charge in [-0.25, -0.2) is 0 Å². The lowest BCUT2D eigenvalue weighted by atomic mass is 10.2. The van der Waals surface area contributed by atoms with Crippen molar-refractivity contribution in [3.63, 3.8) is 0 Å². The SMILES string of the molecule is COc1ccc(Cl)cc1C(=O)/N=C1\SC(C)(C)CN1C[C@H]1COC(C)(C)O1. The Balaban J connectivity index is 1.82. The van der Waals surface area contributed by atoms with Crippen LogP contribution in [-0.4, -0.2) is 59.4 Å². The Morgan fingerprint density at radius 3 is 2.78 bits per heavy atom. The lowest BCUT2D eigenvalue weighted by molar-refractivity contribution is -0.139. The largest absolute Gasteiger partial charge is 0.496 e. The van der Waals surface area contributed by atoms with Crippen LogP contribution in [0.25, 0.3) is 0 Å². The fraction of sp³-hybridized carbons (Fsp3) is 0.579. The molecule has 27 heavy (non-hydrogen) atoms. The molecule has 3 rings (SSSR count). The van der Waals surface area contributed by atoms with Gasteiger partial charge in [-0.3, -0.25) is 4.79 Å². The molecule has 0 saturated carbocycles. The van der Waals surface area contributed by atoms with Crippen LogP contribution in [0.15, 0.2) is 23.2 Å². The zero-order valence-corrected chi connectivity index (χ0v) is 17.8. The summed E-state index contributed by atoms with van der Waals surface area (Å²) in [6, 6.07) is 4.94. The van der Waals surface area contributed by atoms with Crippen molar-refractivity contribution in [3.8, 4) is 5.75 Å². The molecule has 0 aliphatic carbocycles. The van der Waals surface area contributed by atoms with Crippen molar-refractivity contribution in [3.05, 3.63) is 28.8 Å². The third kappa shape index (κ3) is 4.96.